The molecule has 0 bridgehead atoms. The average molecular weight is 415 g/mol. The maximum Gasteiger partial charge on any atom is 0.399 e. The molecule has 0 spiro atoms. The Bertz CT molecular complexity index is 842. The lowest BCUT2D eigenvalue weighted by Crippen LogP contribution is -2.18. The van der Waals surface area contributed by atoms with Gasteiger partial charge in [0.25, 0.3) is 0 Å². The summed E-state index contributed by atoms with van der Waals surface area (Å²) in [5.74, 6) is -2.18. The molecule has 0 aliphatic heterocycles. The van der Waals surface area contributed by atoms with Gasteiger partial charge in [-0.25, -0.2) is 4.99 Å². The number of allylic oxidation sites excluding steroid dienone is 1. The highest BCUT2D eigenvalue weighted by atomic mass is 35.5. The lowest BCUT2D eigenvalue weighted by molar-refractivity contribution is -0.139. The summed E-state index contributed by atoms with van der Waals surface area (Å²) in [4.78, 5) is 3.54. The average Bonchev–Trinajstić information content (AvgIpc) is 2.54. The zero-order valence-electron chi connectivity index (χ0n) is 13.8. The molecule has 142 valence electrons. The van der Waals surface area contributed by atoms with E-state index < -0.39 is 12.1 Å². The van der Waals surface area contributed by atoms with Crippen molar-refractivity contribution >= 4 is 47.3 Å². The minimum atomic E-state index is -4.49. The quantitative estimate of drug-likeness (QED) is 0.434. The number of anilines is 1. The maximum absolute atomic E-state index is 13.5. The smallest absolute Gasteiger partial charge is 0.368 e. The molecule has 0 saturated heterocycles. The number of rotatable bonds is 5. The molecule has 0 aromatic heterocycles. The van der Waals surface area contributed by atoms with Crippen LogP contribution in [-0.4, -0.2) is 18.5 Å². The van der Waals surface area contributed by atoms with Gasteiger partial charge in [0, 0.05) is 15.7 Å². The summed E-state index contributed by atoms with van der Waals surface area (Å²) in [6.07, 6.45) is -0.813. The SMILES string of the molecule is N=C(N)/N=C\Nc1ccc(/C=C/C(c2cc(Cl)cc(Cl)c2)C(F)(F)F)cc1. The second kappa shape index (κ2) is 8.92. The molecule has 4 nitrogen and oxygen atoms in total. The molecule has 4 N–H and O–H groups in total. The largest absolute Gasteiger partial charge is 0.399 e. The molecule has 1 unspecified atom stereocenters. The molecule has 0 radical (unpaired) electrons. The molecule has 0 aliphatic carbocycles. The van der Waals surface area contributed by atoms with E-state index >= 15 is 0 Å². The molecule has 1 atom stereocenters. The maximum atomic E-state index is 13.5. The van der Waals surface area contributed by atoms with E-state index in [0.717, 1.165) is 6.08 Å². The molecule has 0 fully saturated rings. The van der Waals surface area contributed by atoms with Crippen LogP contribution in [0, 0.1) is 5.41 Å². The first-order chi connectivity index (χ1) is 12.6. The van der Waals surface area contributed by atoms with Crippen LogP contribution in [0.2, 0.25) is 10.0 Å². The third kappa shape index (κ3) is 6.62. The zero-order valence-corrected chi connectivity index (χ0v) is 15.3. The fourth-order valence-electron chi connectivity index (χ4n) is 2.24. The van der Waals surface area contributed by atoms with E-state index in [1.807, 2.05) is 0 Å². The van der Waals surface area contributed by atoms with E-state index in [4.69, 9.17) is 34.3 Å². The number of nitrogens with two attached hydrogens (primary N) is 1. The Balaban J connectivity index is 2.20. The van der Waals surface area contributed by atoms with Gasteiger partial charge in [-0.1, -0.05) is 47.5 Å². The van der Waals surface area contributed by atoms with Crippen molar-refractivity contribution in [3.05, 3.63) is 69.7 Å². The summed E-state index contributed by atoms with van der Waals surface area (Å²) < 4.78 is 40.4. The van der Waals surface area contributed by atoms with E-state index in [9.17, 15) is 13.2 Å². The van der Waals surface area contributed by atoms with Gasteiger partial charge in [0.2, 0.25) is 5.96 Å². The molecular formula is C18H15Cl2F3N4. The summed E-state index contributed by atoms with van der Waals surface area (Å²) in [7, 11) is 0. The van der Waals surface area contributed by atoms with Crippen molar-refractivity contribution in [2.75, 3.05) is 5.32 Å². The third-order valence-corrected chi connectivity index (χ3v) is 3.86. The number of guanidine groups is 1. The molecule has 27 heavy (non-hydrogen) atoms. The van der Waals surface area contributed by atoms with Crippen molar-refractivity contribution in [2.45, 2.75) is 12.1 Å². The molecule has 2 rings (SSSR count). The van der Waals surface area contributed by atoms with Gasteiger partial charge in [-0.15, -0.1) is 0 Å². The minimum absolute atomic E-state index is 0.0324. The monoisotopic (exact) mass is 414 g/mol. The third-order valence-electron chi connectivity index (χ3n) is 3.42. The number of alkyl halides is 3. The Morgan fingerprint density at radius 2 is 1.70 bits per heavy atom. The van der Waals surface area contributed by atoms with Crippen LogP contribution in [0.1, 0.15) is 17.0 Å². The summed E-state index contributed by atoms with van der Waals surface area (Å²) in [6, 6.07) is 10.5. The van der Waals surface area contributed by atoms with Gasteiger partial charge in [-0.2, -0.15) is 13.2 Å². The first-order valence-corrected chi connectivity index (χ1v) is 8.35. The minimum Gasteiger partial charge on any atom is -0.368 e. The predicted octanol–water partition coefficient (Wildman–Crippen LogP) is 5.69. The first kappa shape index (κ1) is 20.8. The van der Waals surface area contributed by atoms with Crippen LogP contribution in [-0.2, 0) is 0 Å². The van der Waals surface area contributed by atoms with Crippen LogP contribution in [0.4, 0.5) is 18.9 Å². The molecule has 2 aromatic carbocycles. The van der Waals surface area contributed by atoms with Gasteiger partial charge in [0.05, 0.1) is 12.3 Å². The summed E-state index contributed by atoms with van der Waals surface area (Å²) >= 11 is 11.7. The fourth-order valence-corrected chi connectivity index (χ4v) is 2.78. The lowest BCUT2D eigenvalue weighted by atomic mass is 9.97. The Labute approximate surface area is 164 Å². The van der Waals surface area contributed by atoms with Crippen molar-refractivity contribution in [1.29, 1.82) is 5.41 Å². The van der Waals surface area contributed by atoms with E-state index in [1.165, 1.54) is 30.6 Å². The Morgan fingerprint density at radius 3 is 2.22 bits per heavy atom. The van der Waals surface area contributed by atoms with Crippen molar-refractivity contribution in [3.8, 4) is 0 Å². The molecule has 0 aliphatic rings. The Morgan fingerprint density at radius 1 is 1.11 bits per heavy atom. The van der Waals surface area contributed by atoms with E-state index in [2.05, 4.69) is 10.3 Å². The Hall–Kier alpha value is -2.51. The van der Waals surface area contributed by atoms with Crippen LogP contribution in [0.15, 0.2) is 53.5 Å². The fraction of sp³-hybridized carbons (Fsp3) is 0.111. The number of hydrogen-bond acceptors (Lipinski definition) is 1. The van der Waals surface area contributed by atoms with Gasteiger partial charge in [0.1, 0.15) is 0 Å². The van der Waals surface area contributed by atoms with E-state index in [0.29, 0.717) is 11.3 Å². The highest BCUT2D eigenvalue weighted by Gasteiger charge is 2.39. The van der Waals surface area contributed by atoms with Crippen LogP contribution < -0.4 is 11.1 Å². The topological polar surface area (TPSA) is 74.3 Å². The highest BCUT2D eigenvalue weighted by Crippen LogP contribution is 2.38. The van der Waals surface area contributed by atoms with E-state index in [-0.39, 0.29) is 21.6 Å². The normalized spacial score (nSPS) is 13.2. The van der Waals surface area contributed by atoms with Crippen LogP contribution in [0.25, 0.3) is 6.08 Å². The zero-order chi connectivity index (χ0) is 20.0. The van der Waals surface area contributed by atoms with Crippen LogP contribution in [0.5, 0.6) is 0 Å². The summed E-state index contributed by atoms with van der Waals surface area (Å²) in [5.41, 5.74) is 6.27. The molecule has 0 heterocycles. The van der Waals surface area contributed by atoms with E-state index in [1.54, 1.807) is 24.3 Å². The summed E-state index contributed by atoms with van der Waals surface area (Å²) in [6.45, 7) is 0. The van der Waals surface area contributed by atoms with Crippen LogP contribution >= 0.6 is 23.2 Å². The second-order valence-corrected chi connectivity index (χ2v) is 6.36. The second-order valence-electron chi connectivity index (χ2n) is 5.49. The molecular weight excluding hydrogens is 400 g/mol. The number of nitrogens with zero attached hydrogens (tertiary/aromatic N) is 1. The summed E-state index contributed by atoms with van der Waals surface area (Å²) in [5, 5.41) is 10.0. The van der Waals surface area contributed by atoms with Crippen molar-refractivity contribution in [1.82, 2.24) is 0 Å². The molecule has 0 amide bonds. The van der Waals surface area contributed by atoms with Gasteiger partial charge in [-0.3, -0.25) is 5.41 Å². The van der Waals surface area contributed by atoms with Crippen molar-refractivity contribution in [2.24, 2.45) is 10.7 Å². The number of nitrogens with one attached hydrogen (secondary N) is 2. The Kier molecular flexibility index (Phi) is 6.87. The van der Waals surface area contributed by atoms with Crippen LogP contribution in [0.3, 0.4) is 0 Å². The lowest BCUT2D eigenvalue weighted by Gasteiger charge is -2.18. The molecule has 2 aromatic rings. The number of aliphatic imine (C=N–C) groups is 1. The van der Waals surface area contributed by atoms with Crippen molar-refractivity contribution in [3.63, 3.8) is 0 Å². The van der Waals surface area contributed by atoms with Gasteiger partial charge < -0.3 is 11.1 Å². The van der Waals surface area contributed by atoms with Gasteiger partial charge in [-0.05, 0) is 41.5 Å². The number of hydrogen-bond donors (Lipinski definition) is 3. The first-order valence-electron chi connectivity index (χ1n) is 7.59. The number of benzene rings is 2. The highest BCUT2D eigenvalue weighted by molar-refractivity contribution is 6.34. The van der Waals surface area contributed by atoms with Crippen molar-refractivity contribution < 1.29 is 13.2 Å². The molecule has 0 saturated carbocycles. The molecule has 9 heteroatoms. The van der Waals surface area contributed by atoms with Gasteiger partial charge in [0.15, 0.2) is 0 Å². The standard InChI is InChI=1S/C18H15Cl2F3N4/c19-13-7-12(8-14(20)9-13)16(18(21,22)23)6-3-11-1-4-15(5-2-11)26-10-27-17(24)25/h1-10,16H,(H4,24,25,26,27)/b6-3+. The predicted molar refractivity (Wildman–Crippen MR) is 105 cm³/mol. The number of halogens is 5. The van der Waals surface area contributed by atoms with Gasteiger partial charge >= 0.3 is 6.18 Å².